The third-order valence-electron chi connectivity index (χ3n) is 5.70. The number of rotatable bonds is 9. The highest BCUT2D eigenvalue weighted by Gasteiger charge is 2.29. The summed E-state index contributed by atoms with van der Waals surface area (Å²) in [7, 11) is 0. The lowest BCUT2D eigenvalue weighted by atomic mass is 9.72. The third-order valence-corrected chi connectivity index (χ3v) is 5.70. The van der Waals surface area contributed by atoms with Gasteiger partial charge in [0.1, 0.15) is 5.75 Å². The second kappa shape index (κ2) is 8.70. The predicted octanol–water partition coefficient (Wildman–Crippen LogP) is 4.91. The first kappa shape index (κ1) is 20.5. The van der Waals surface area contributed by atoms with Crippen molar-refractivity contribution < 1.29 is 15.3 Å². The first-order valence-electron chi connectivity index (χ1n) is 9.53. The molecular weight excluding hydrogens is 324 g/mol. The van der Waals surface area contributed by atoms with E-state index in [0.29, 0.717) is 5.56 Å². The molecule has 2 aromatic rings. The minimum atomic E-state index is -0.592. The molecule has 26 heavy (non-hydrogen) atoms. The molecule has 0 heterocycles. The molecule has 0 aliphatic heterocycles. The fraction of sp³-hybridized carbons (Fsp3) is 0.478. The number of unbranched alkanes of at least 4 members (excludes halogenated alkanes) is 1. The highest BCUT2D eigenvalue weighted by molar-refractivity contribution is 5.44. The number of phenols is 1. The van der Waals surface area contributed by atoms with E-state index in [1.165, 1.54) is 5.56 Å². The maximum absolute atomic E-state index is 10.2. The predicted molar refractivity (Wildman–Crippen MR) is 106 cm³/mol. The second-order valence-corrected chi connectivity index (χ2v) is 7.76. The summed E-state index contributed by atoms with van der Waals surface area (Å²) in [5, 5.41) is 29.7. The largest absolute Gasteiger partial charge is 0.508 e. The molecule has 0 bridgehead atoms. The van der Waals surface area contributed by atoms with Crippen LogP contribution in [0.25, 0.3) is 0 Å². The molecule has 2 atom stereocenters. The molecule has 2 rings (SSSR count). The summed E-state index contributed by atoms with van der Waals surface area (Å²) < 4.78 is 0. The Morgan fingerprint density at radius 1 is 0.885 bits per heavy atom. The van der Waals surface area contributed by atoms with Gasteiger partial charge in [0, 0.05) is 11.0 Å². The van der Waals surface area contributed by atoms with E-state index in [9.17, 15) is 15.3 Å². The first-order chi connectivity index (χ1) is 12.3. The van der Waals surface area contributed by atoms with Crippen molar-refractivity contribution in [3.8, 4) is 5.75 Å². The van der Waals surface area contributed by atoms with Crippen molar-refractivity contribution >= 4 is 0 Å². The number of aliphatic hydroxyl groups is 2. The Labute approximate surface area is 157 Å². The first-order valence-corrected chi connectivity index (χ1v) is 9.53. The molecule has 0 saturated carbocycles. The number of aromatic hydroxyl groups is 1. The van der Waals surface area contributed by atoms with Gasteiger partial charge in [0.25, 0.3) is 0 Å². The maximum Gasteiger partial charge on any atom is 0.121 e. The molecule has 0 spiro atoms. The summed E-state index contributed by atoms with van der Waals surface area (Å²) in [6, 6.07) is 15.9. The van der Waals surface area contributed by atoms with Crippen molar-refractivity contribution in [1.29, 1.82) is 0 Å². The van der Waals surface area contributed by atoms with Crippen LogP contribution in [0.4, 0.5) is 0 Å². The van der Waals surface area contributed by atoms with Gasteiger partial charge in [-0.3, -0.25) is 0 Å². The second-order valence-electron chi connectivity index (χ2n) is 7.76. The van der Waals surface area contributed by atoms with Crippen LogP contribution in [-0.2, 0) is 12.0 Å². The highest BCUT2D eigenvalue weighted by Crippen LogP contribution is 2.39. The van der Waals surface area contributed by atoms with Gasteiger partial charge < -0.3 is 15.3 Å². The van der Waals surface area contributed by atoms with E-state index in [0.717, 1.165) is 37.7 Å². The van der Waals surface area contributed by atoms with Crippen LogP contribution in [0.1, 0.15) is 69.6 Å². The lowest BCUT2D eigenvalue weighted by Gasteiger charge is -2.32. The van der Waals surface area contributed by atoms with Gasteiger partial charge in [-0.2, -0.15) is 0 Å². The van der Waals surface area contributed by atoms with Crippen LogP contribution in [0.3, 0.4) is 0 Å². The lowest BCUT2D eigenvalue weighted by Crippen LogP contribution is -2.25. The van der Waals surface area contributed by atoms with E-state index >= 15 is 0 Å². The SMILES string of the molecule is CCC(C)(O)CCCCC(C)(c1ccccc1)c1ccc(O)c(CO)c1. The number of hydrogen-bond acceptors (Lipinski definition) is 3. The zero-order valence-corrected chi connectivity index (χ0v) is 16.2. The standard InChI is InChI=1S/C23H32O3/c1-4-22(2,26)14-8-9-15-23(3,19-10-6-5-7-11-19)20-12-13-21(25)18(16-20)17-24/h5-7,10-13,16,24-26H,4,8-9,14-15,17H2,1-3H3. The van der Waals surface area contributed by atoms with Gasteiger partial charge in [0.2, 0.25) is 0 Å². The Morgan fingerprint density at radius 3 is 2.15 bits per heavy atom. The van der Waals surface area contributed by atoms with Gasteiger partial charge >= 0.3 is 0 Å². The van der Waals surface area contributed by atoms with Crippen LogP contribution in [0, 0.1) is 0 Å². The summed E-state index contributed by atoms with van der Waals surface area (Å²) in [4.78, 5) is 0. The van der Waals surface area contributed by atoms with Crippen LogP contribution < -0.4 is 0 Å². The fourth-order valence-corrected chi connectivity index (χ4v) is 3.48. The van der Waals surface area contributed by atoms with E-state index in [2.05, 4.69) is 19.1 Å². The third kappa shape index (κ3) is 4.87. The topological polar surface area (TPSA) is 60.7 Å². The molecule has 0 saturated heterocycles. The summed E-state index contributed by atoms with van der Waals surface area (Å²) in [5.74, 6) is 0.130. The van der Waals surface area contributed by atoms with Crippen LogP contribution in [0.5, 0.6) is 5.75 Å². The Kier molecular flexibility index (Phi) is 6.85. The van der Waals surface area contributed by atoms with Crippen molar-refractivity contribution in [1.82, 2.24) is 0 Å². The molecule has 0 aliphatic carbocycles. The zero-order valence-electron chi connectivity index (χ0n) is 16.2. The summed E-state index contributed by atoms with van der Waals surface area (Å²) in [6.07, 6.45) is 4.46. The average molecular weight is 357 g/mol. The van der Waals surface area contributed by atoms with Crippen molar-refractivity contribution in [2.45, 2.75) is 70.5 Å². The summed E-state index contributed by atoms with van der Waals surface area (Å²) >= 11 is 0. The van der Waals surface area contributed by atoms with E-state index in [4.69, 9.17) is 0 Å². The molecule has 3 N–H and O–H groups in total. The van der Waals surface area contributed by atoms with Crippen molar-refractivity contribution in [3.05, 3.63) is 65.2 Å². The average Bonchev–Trinajstić information content (AvgIpc) is 2.66. The summed E-state index contributed by atoms with van der Waals surface area (Å²) in [6.45, 7) is 5.95. The maximum atomic E-state index is 10.2. The van der Waals surface area contributed by atoms with Crippen LogP contribution >= 0.6 is 0 Å². The molecule has 3 nitrogen and oxygen atoms in total. The number of hydrogen-bond donors (Lipinski definition) is 3. The molecule has 0 aliphatic rings. The molecule has 2 unspecified atom stereocenters. The van der Waals surface area contributed by atoms with Gasteiger partial charge in [-0.1, -0.05) is 63.1 Å². The zero-order chi connectivity index (χ0) is 19.2. The molecule has 0 aromatic heterocycles. The fourth-order valence-electron chi connectivity index (χ4n) is 3.48. The Balaban J connectivity index is 2.26. The van der Waals surface area contributed by atoms with Gasteiger partial charge in [0.05, 0.1) is 12.2 Å². The monoisotopic (exact) mass is 356 g/mol. The molecule has 2 aromatic carbocycles. The Bertz CT molecular complexity index is 694. The normalized spacial score (nSPS) is 16.0. The molecule has 0 amide bonds. The Morgan fingerprint density at radius 2 is 1.54 bits per heavy atom. The van der Waals surface area contributed by atoms with Gasteiger partial charge in [-0.05, 0) is 49.4 Å². The summed E-state index contributed by atoms with van der Waals surface area (Å²) in [5.41, 5.74) is 2.06. The minimum absolute atomic E-state index is 0.130. The van der Waals surface area contributed by atoms with Crippen LogP contribution in [-0.4, -0.2) is 20.9 Å². The van der Waals surface area contributed by atoms with Gasteiger partial charge in [0.15, 0.2) is 0 Å². The van der Waals surface area contributed by atoms with Crippen molar-refractivity contribution in [2.75, 3.05) is 0 Å². The molecular formula is C23H32O3. The van der Waals surface area contributed by atoms with Crippen molar-refractivity contribution in [3.63, 3.8) is 0 Å². The quantitative estimate of drug-likeness (QED) is 0.559. The van der Waals surface area contributed by atoms with E-state index in [1.54, 1.807) is 6.07 Å². The van der Waals surface area contributed by atoms with Crippen LogP contribution in [0.2, 0.25) is 0 Å². The molecule has 3 heteroatoms. The lowest BCUT2D eigenvalue weighted by molar-refractivity contribution is 0.0439. The van der Waals surface area contributed by atoms with Gasteiger partial charge in [-0.25, -0.2) is 0 Å². The van der Waals surface area contributed by atoms with E-state index in [-0.39, 0.29) is 17.8 Å². The van der Waals surface area contributed by atoms with Crippen molar-refractivity contribution in [2.24, 2.45) is 0 Å². The van der Waals surface area contributed by atoms with Crippen LogP contribution in [0.15, 0.2) is 48.5 Å². The van der Waals surface area contributed by atoms with E-state index < -0.39 is 5.60 Å². The molecule has 142 valence electrons. The van der Waals surface area contributed by atoms with Gasteiger partial charge in [-0.15, -0.1) is 0 Å². The number of benzene rings is 2. The Hall–Kier alpha value is -1.84. The van der Waals surface area contributed by atoms with E-state index in [1.807, 2.05) is 44.2 Å². The molecule has 0 fully saturated rings. The highest BCUT2D eigenvalue weighted by atomic mass is 16.3. The molecule has 0 radical (unpaired) electrons. The smallest absolute Gasteiger partial charge is 0.121 e. The minimum Gasteiger partial charge on any atom is -0.508 e. The number of aliphatic hydroxyl groups excluding tert-OH is 1.